The van der Waals surface area contributed by atoms with E-state index in [0.717, 1.165) is 16.9 Å². The van der Waals surface area contributed by atoms with Crippen molar-refractivity contribution in [1.29, 1.82) is 0 Å². The maximum Gasteiger partial charge on any atom is 0.363 e. The Morgan fingerprint density at radius 1 is 0.879 bits per heavy atom. The van der Waals surface area contributed by atoms with Crippen LogP contribution in [0.5, 0.6) is 23.0 Å². The Labute approximate surface area is 191 Å². The van der Waals surface area contributed by atoms with E-state index in [1.807, 2.05) is 54.6 Å². The fraction of sp³-hybridized carbons (Fsp3) is 0.154. The molecule has 1 heterocycles. The highest BCUT2D eigenvalue weighted by atomic mass is 16.6. The van der Waals surface area contributed by atoms with E-state index < -0.39 is 5.97 Å². The number of hydrogen-bond donors (Lipinski definition) is 0. The average molecular weight is 445 g/mol. The van der Waals surface area contributed by atoms with E-state index >= 15 is 0 Å². The van der Waals surface area contributed by atoms with Gasteiger partial charge >= 0.3 is 5.97 Å². The number of cyclic esters (lactones) is 1. The number of aliphatic imine (C=N–C) groups is 1. The molecule has 0 N–H and O–H groups in total. The summed E-state index contributed by atoms with van der Waals surface area (Å²) in [6.45, 7) is 0.482. The fourth-order valence-electron chi connectivity index (χ4n) is 3.30. The number of hydrogen-bond acceptors (Lipinski definition) is 7. The molecule has 0 aliphatic carbocycles. The molecule has 3 aromatic carbocycles. The van der Waals surface area contributed by atoms with Crippen molar-refractivity contribution in [3.8, 4) is 23.0 Å². The van der Waals surface area contributed by atoms with Crippen LogP contribution in [0.25, 0.3) is 6.08 Å². The fourth-order valence-corrected chi connectivity index (χ4v) is 3.30. The second-order valence-electron chi connectivity index (χ2n) is 7.09. The van der Waals surface area contributed by atoms with Crippen molar-refractivity contribution in [3.05, 3.63) is 89.1 Å². The Morgan fingerprint density at radius 2 is 1.55 bits per heavy atom. The number of benzene rings is 3. The summed E-state index contributed by atoms with van der Waals surface area (Å²) in [5.41, 5.74) is 2.61. The van der Waals surface area contributed by atoms with Gasteiger partial charge in [0.25, 0.3) is 0 Å². The Morgan fingerprint density at radius 3 is 2.15 bits per heavy atom. The summed E-state index contributed by atoms with van der Waals surface area (Å²) in [5.74, 6) is 1.68. The van der Waals surface area contributed by atoms with Crippen LogP contribution < -0.4 is 18.9 Å². The van der Waals surface area contributed by atoms with Gasteiger partial charge in [-0.3, -0.25) is 0 Å². The Bertz CT molecular complexity index is 1170. The third kappa shape index (κ3) is 4.98. The molecular formula is C26H23NO6. The predicted octanol–water partition coefficient (Wildman–Crippen LogP) is 4.64. The molecule has 7 nitrogen and oxygen atoms in total. The van der Waals surface area contributed by atoms with Gasteiger partial charge in [-0.15, -0.1) is 0 Å². The number of carbonyl (C=O) groups excluding carboxylic acids is 1. The normalized spacial score (nSPS) is 14.0. The zero-order chi connectivity index (χ0) is 23.2. The van der Waals surface area contributed by atoms with Crippen LogP contribution >= 0.6 is 0 Å². The zero-order valence-electron chi connectivity index (χ0n) is 18.5. The van der Waals surface area contributed by atoms with Crippen molar-refractivity contribution in [1.82, 2.24) is 0 Å². The first kappa shape index (κ1) is 22.0. The molecule has 4 rings (SSSR count). The van der Waals surface area contributed by atoms with Gasteiger partial charge in [0.1, 0.15) is 12.4 Å². The van der Waals surface area contributed by atoms with Gasteiger partial charge in [-0.1, -0.05) is 42.5 Å². The van der Waals surface area contributed by atoms with E-state index in [-0.39, 0.29) is 11.6 Å². The Hall–Kier alpha value is -4.26. The minimum absolute atomic E-state index is 0.160. The molecule has 0 spiro atoms. The van der Waals surface area contributed by atoms with Gasteiger partial charge in [-0.05, 0) is 41.5 Å². The Kier molecular flexibility index (Phi) is 6.59. The smallest absolute Gasteiger partial charge is 0.363 e. The lowest BCUT2D eigenvalue weighted by molar-refractivity contribution is -0.129. The quantitative estimate of drug-likeness (QED) is 0.372. The van der Waals surface area contributed by atoms with Gasteiger partial charge in [-0.2, -0.15) is 0 Å². The molecule has 1 aliphatic heterocycles. The molecule has 0 unspecified atom stereocenters. The van der Waals surface area contributed by atoms with Crippen LogP contribution in [0, 0.1) is 0 Å². The van der Waals surface area contributed by atoms with Gasteiger partial charge in [0.15, 0.2) is 17.2 Å². The van der Waals surface area contributed by atoms with Crippen molar-refractivity contribution >= 4 is 17.9 Å². The summed E-state index contributed by atoms with van der Waals surface area (Å²) >= 11 is 0. The number of carbonyl (C=O) groups is 1. The van der Waals surface area contributed by atoms with Crippen molar-refractivity contribution in [2.24, 2.45) is 4.99 Å². The minimum Gasteiger partial charge on any atom is -0.493 e. The van der Waals surface area contributed by atoms with Crippen molar-refractivity contribution in [2.75, 3.05) is 21.3 Å². The SMILES string of the molecule is COc1cc(C2=N/C(=C\c3ccc(OCc4ccccc4)cc3)C(=O)O2)cc(OC)c1OC. The predicted molar refractivity (Wildman–Crippen MR) is 124 cm³/mol. The second-order valence-corrected chi connectivity index (χ2v) is 7.09. The highest BCUT2D eigenvalue weighted by Crippen LogP contribution is 2.39. The average Bonchev–Trinajstić information content (AvgIpc) is 3.23. The molecule has 3 aromatic rings. The summed E-state index contributed by atoms with van der Waals surface area (Å²) in [7, 11) is 4.55. The Balaban J connectivity index is 1.52. The molecule has 33 heavy (non-hydrogen) atoms. The van der Waals surface area contributed by atoms with Gasteiger partial charge in [0.2, 0.25) is 11.6 Å². The summed E-state index contributed by atoms with van der Waals surface area (Å²) in [6, 6.07) is 20.7. The third-order valence-corrected chi connectivity index (χ3v) is 4.96. The zero-order valence-corrected chi connectivity index (χ0v) is 18.5. The molecule has 0 aromatic heterocycles. The standard InChI is InChI=1S/C26H23NO6/c1-29-22-14-19(15-23(30-2)24(22)31-3)25-27-21(26(28)33-25)13-17-9-11-20(12-10-17)32-16-18-7-5-4-6-8-18/h4-15H,16H2,1-3H3/b21-13-. The molecule has 7 heteroatoms. The van der Waals surface area contributed by atoms with Crippen LogP contribution in [0.2, 0.25) is 0 Å². The summed E-state index contributed by atoms with van der Waals surface area (Å²) < 4.78 is 27.2. The number of esters is 1. The minimum atomic E-state index is -0.539. The van der Waals surface area contributed by atoms with Crippen LogP contribution in [-0.4, -0.2) is 33.2 Å². The highest BCUT2D eigenvalue weighted by Gasteiger charge is 2.26. The number of ether oxygens (including phenoxy) is 5. The van der Waals surface area contributed by atoms with Crippen LogP contribution in [0.1, 0.15) is 16.7 Å². The molecule has 0 bridgehead atoms. The van der Waals surface area contributed by atoms with Gasteiger partial charge in [-0.25, -0.2) is 9.79 Å². The van der Waals surface area contributed by atoms with Crippen LogP contribution in [-0.2, 0) is 16.1 Å². The molecule has 0 saturated heterocycles. The van der Waals surface area contributed by atoms with Crippen LogP contribution in [0.4, 0.5) is 0 Å². The van der Waals surface area contributed by atoms with Crippen LogP contribution in [0.15, 0.2) is 77.4 Å². The molecule has 1 aliphatic rings. The second kappa shape index (κ2) is 9.91. The first-order valence-electron chi connectivity index (χ1n) is 10.2. The lowest BCUT2D eigenvalue weighted by Crippen LogP contribution is -2.06. The van der Waals surface area contributed by atoms with Crippen molar-refractivity contribution in [3.63, 3.8) is 0 Å². The molecule has 168 valence electrons. The lowest BCUT2D eigenvalue weighted by Gasteiger charge is -2.13. The van der Waals surface area contributed by atoms with Gasteiger partial charge in [0.05, 0.1) is 21.3 Å². The molecule has 0 amide bonds. The molecule has 0 radical (unpaired) electrons. The van der Waals surface area contributed by atoms with E-state index in [1.165, 1.54) is 21.3 Å². The first-order chi connectivity index (χ1) is 16.1. The molecule has 0 fully saturated rings. The van der Waals surface area contributed by atoms with Crippen LogP contribution in [0.3, 0.4) is 0 Å². The maximum absolute atomic E-state index is 12.4. The summed E-state index contributed by atoms with van der Waals surface area (Å²) in [4.78, 5) is 16.8. The van der Waals surface area contributed by atoms with E-state index in [1.54, 1.807) is 18.2 Å². The number of nitrogens with zero attached hydrogens (tertiary/aromatic N) is 1. The summed E-state index contributed by atoms with van der Waals surface area (Å²) in [5, 5.41) is 0. The maximum atomic E-state index is 12.4. The van der Waals surface area contributed by atoms with Gasteiger partial charge in [0, 0.05) is 5.56 Å². The number of rotatable bonds is 8. The van der Waals surface area contributed by atoms with E-state index in [9.17, 15) is 4.79 Å². The monoisotopic (exact) mass is 445 g/mol. The first-order valence-corrected chi connectivity index (χ1v) is 10.2. The summed E-state index contributed by atoms with van der Waals surface area (Å²) in [6.07, 6.45) is 1.66. The number of methoxy groups -OCH3 is 3. The van der Waals surface area contributed by atoms with Crippen molar-refractivity contribution < 1.29 is 28.5 Å². The van der Waals surface area contributed by atoms with E-state index in [2.05, 4.69) is 4.99 Å². The van der Waals surface area contributed by atoms with E-state index in [0.29, 0.717) is 29.4 Å². The topological polar surface area (TPSA) is 75.6 Å². The molecule has 0 atom stereocenters. The lowest BCUT2D eigenvalue weighted by atomic mass is 10.1. The van der Waals surface area contributed by atoms with E-state index in [4.69, 9.17) is 23.7 Å². The van der Waals surface area contributed by atoms with Crippen molar-refractivity contribution in [2.45, 2.75) is 6.61 Å². The highest BCUT2D eigenvalue weighted by molar-refractivity contribution is 6.13. The van der Waals surface area contributed by atoms with Gasteiger partial charge < -0.3 is 23.7 Å². The third-order valence-electron chi connectivity index (χ3n) is 4.96. The molecule has 0 saturated carbocycles. The largest absolute Gasteiger partial charge is 0.493 e. The molecular weight excluding hydrogens is 422 g/mol.